The SMILES string of the molecule is CCC(Cl)C(=O)c1cc(OC)cc(OC)c1. The van der Waals surface area contributed by atoms with Gasteiger partial charge in [-0.15, -0.1) is 11.6 Å². The van der Waals surface area contributed by atoms with Crippen LogP contribution in [0.4, 0.5) is 0 Å². The number of halogens is 1. The Morgan fingerprint density at radius 3 is 2.12 bits per heavy atom. The van der Waals surface area contributed by atoms with Crippen LogP contribution in [0.1, 0.15) is 23.7 Å². The highest BCUT2D eigenvalue weighted by atomic mass is 35.5. The fourth-order valence-electron chi connectivity index (χ4n) is 1.32. The van der Waals surface area contributed by atoms with Gasteiger partial charge < -0.3 is 9.47 Å². The summed E-state index contributed by atoms with van der Waals surface area (Å²) in [6, 6.07) is 5.04. The zero-order chi connectivity index (χ0) is 12.1. The number of hydrogen-bond acceptors (Lipinski definition) is 3. The topological polar surface area (TPSA) is 35.5 Å². The molecule has 0 heterocycles. The van der Waals surface area contributed by atoms with E-state index < -0.39 is 5.38 Å². The van der Waals surface area contributed by atoms with Gasteiger partial charge in [0.1, 0.15) is 11.5 Å². The molecule has 1 aromatic carbocycles. The Kier molecular flexibility index (Phi) is 4.62. The highest BCUT2D eigenvalue weighted by Gasteiger charge is 2.17. The van der Waals surface area contributed by atoms with Crippen LogP contribution in [0.2, 0.25) is 0 Å². The van der Waals surface area contributed by atoms with Gasteiger partial charge in [-0.25, -0.2) is 0 Å². The maximum absolute atomic E-state index is 11.9. The number of benzene rings is 1. The number of hydrogen-bond donors (Lipinski definition) is 0. The molecule has 1 unspecified atom stereocenters. The minimum absolute atomic E-state index is 0.110. The lowest BCUT2D eigenvalue weighted by Gasteiger charge is -2.09. The molecular weight excluding hydrogens is 228 g/mol. The van der Waals surface area contributed by atoms with Crippen molar-refractivity contribution in [1.82, 2.24) is 0 Å². The Labute approximate surface area is 100 Å². The lowest BCUT2D eigenvalue weighted by atomic mass is 10.1. The first-order chi connectivity index (χ1) is 7.62. The van der Waals surface area contributed by atoms with Crippen LogP contribution >= 0.6 is 11.6 Å². The molecule has 0 saturated heterocycles. The zero-order valence-electron chi connectivity index (χ0n) is 9.62. The van der Waals surface area contributed by atoms with E-state index >= 15 is 0 Å². The normalized spacial score (nSPS) is 12.0. The van der Waals surface area contributed by atoms with E-state index in [1.807, 2.05) is 6.92 Å². The van der Waals surface area contributed by atoms with Crippen LogP contribution in [0.3, 0.4) is 0 Å². The van der Waals surface area contributed by atoms with Crippen molar-refractivity contribution in [2.24, 2.45) is 0 Å². The summed E-state index contributed by atoms with van der Waals surface area (Å²) in [5.74, 6) is 1.06. The standard InChI is InChI=1S/C12H15ClO3/c1-4-11(13)12(14)8-5-9(15-2)7-10(6-8)16-3/h5-7,11H,4H2,1-3H3. The van der Waals surface area contributed by atoms with E-state index in [4.69, 9.17) is 21.1 Å². The van der Waals surface area contributed by atoms with Gasteiger partial charge in [-0.1, -0.05) is 6.92 Å². The molecule has 0 spiro atoms. The highest BCUT2D eigenvalue weighted by molar-refractivity contribution is 6.33. The summed E-state index contributed by atoms with van der Waals surface area (Å²) >= 11 is 5.91. The minimum atomic E-state index is -0.503. The molecule has 0 amide bonds. The third-order valence-electron chi connectivity index (χ3n) is 2.28. The first-order valence-electron chi connectivity index (χ1n) is 5.03. The predicted molar refractivity (Wildman–Crippen MR) is 63.8 cm³/mol. The first-order valence-corrected chi connectivity index (χ1v) is 5.47. The van der Waals surface area contributed by atoms with E-state index in [9.17, 15) is 4.79 Å². The molecule has 0 bridgehead atoms. The van der Waals surface area contributed by atoms with Gasteiger partial charge in [-0.05, 0) is 18.6 Å². The fraction of sp³-hybridized carbons (Fsp3) is 0.417. The van der Waals surface area contributed by atoms with Crippen LogP contribution in [0.25, 0.3) is 0 Å². The van der Waals surface area contributed by atoms with Crippen LogP contribution in [0.15, 0.2) is 18.2 Å². The van der Waals surface area contributed by atoms with Gasteiger partial charge in [0, 0.05) is 11.6 Å². The van der Waals surface area contributed by atoms with Crippen molar-refractivity contribution < 1.29 is 14.3 Å². The molecule has 0 saturated carbocycles. The van der Waals surface area contributed by atoms with Gasteiger partial charge in [-0.2, -0.15) is 0 Å². The maximum atomic E-state index is 11.9. The van der Waals surface area contributed by atoms with E-state index in [1.165, 1.54) is 0 Å². The summed E-state index contributed by atoms with van der Waals surface area (Å²) in [5, 5.41) is -0.503. The van der Waals surface area contributed by atoms with Crippen LogP contribution in [-0.2, 0) is 0 Å². The van der Waals surface area contributed by atoms with Crippen molar-refractivity contribution in [3.05, 3.63) is 23.8 Å². The number of carbonyl (C=O) groups is 1. The average Bonchev–Trinajstić information content (AvgIpc) is 2.35. The molecule has 0 aromatic heterocycles. The number of ketones is 1. The first kappa shape index (κ1) is 12.8. The Morgan fingerprint density at radius 2 is 1.75 bits per heavy atom. The van der Waals surface area contributed by atoms with Crippen LogP contribution in [-0.4, -0.2) is 25.4 Å². The third kappa shape index (κ3) is 2.89. The fourth-order valence-corrected chi connectivity index (χ4v) is 1.44. The van der Waals surface area contributed by atoms with Gasteiger partial charge in [0.05, 0.1) is 19.6 Å². The minimum Gasteiger partial charge on any atom is -0.497 e. The smallest absolute Gasteiger partial charge is 0.180 e. The Balaban J connectivity index is 3.07. The van der Waals surface area contributed by atoms with E-state index in [0.717, 1.165) is 0 Å². The largest absolute Gasteiger partial charge is 0.497 e. The van der Waals surface area contributed by atoms with Gasteiger partial charge in [0.25, 0.3) is 0 Å². The van der Waals surface area contributed by atoms with Crippen LogP contribution in [0, 0.1) is 0 Å². The summed E-state index contributed by atoms with van der Waals surface area (Å²) in [5.41, 5.74) is 0.512. The molecule has 1 atom stereocenters. The van der Waals surface area contributed by atoms with E-state index in [-0.39, 0.29) is 5.78 Å². The van der Waals surface area contributed by atoms with Crippen molar-refractivity contribution in [3.63, 3.8) is 0 Å². The quantitative estimate of drug-likeness (QED) is 0.588. The van der Waals surface area contributed by atoms with Crippen molar-refractivity contribution in [3.8, 4) is 11.5 Å². The average molecular weight is 243 g/mol. The van der Waals surface area contributed by atoms with Gasteiger partial charge in [0.15, 0.2) is 5.78 Å². The summed E-state index contributed by atoms with van der Waals surface area (Å²) in [4.78, 5) is 11.9. The summed E-state index contributed by atoms with van der Waals surface area (Å²) < 4.78 is 10.2. The lowest BCUT2D eigenvalue weighted by molar-refractivity contribution is 0.0985. The van der Waals surface area contributed by atoms with E-state index in [2.05, 4.69) is 0 Å². The summed E-state index contributed by atoms with van der Waals surface area (Å²) in [6.45, 7) is 1.87. The van der Waals surface area contributed by atoms with Crippen molar-refractivity contribution >= 4 is 17.4 Å². The maximum Gasteiger partial charge on any atom is 0.180 e. The molecule has 1 rings (SSSR count). The molecule has 4 heteroatoms. The van der Waals surface area contributed by atoms with Crippen molar-refractivity contribution in [1.29, 1.82) is 0 Å². The Hall–Kier alpha value is -1.22. The molecule has 0 radical (unpaired) electrons. The monoisotopic (exact) mass is 242 g/mol. The number of alkyl halides is 1. The van der Waals surface area contributed by atoms with Crippen LogP contribution < -0.4 is 9.47 Å². The zero-order valence-corrected chi connectivity index (χ0v) is 10.4. The molecule has 0 N–H and O–H groups in total. The number of ether oxygens (including phenoxy) is 2. The number of carbonyl (C=O) groups excluding carboxylic acids is 1. The van der Waals surface area contributed by atoms with Gasteiger partial charge in [-0.3, -0.25) is 4.79 Å². The second-order valence-electron chi connectivity index (χ2n) is 3.34. The van der Waals surface area contributed by atoms with E-state index in [0.29, 0.717) is 23.5 Å². The number of rotatable bonds is 5. The third-order valence-corrected chi connectivity index (χ3v) is 2.79. The molecule has 0 aliphatic rings. The highest BCUT2D eigenvalue weighted by Crippen LogP contribution is 2.24. The van der Waals surface area contributed by atoms with Crippen LogP contribution in [0.5, 0.6) is 11.5 Å². The molecule has 0 aliphatic heterocycles. The lowest BCUT2D eigenvalue weighted by Crippen LogP contribution is -2.13. The summed E-state index contributed by atoms with van der Waals surface area (Å²) in [7, 11) is 3.09. The second kappa shape index (κ2) is 5.75. The number of methoxy groups -OCH3 is 2. The Bertz CT molecular complexity index is 354. The summed E-state index contributed by atoms with van der Waals surface area (Å²) in [6.07, 6.45) is 0.597. The molecule has 16 heavy (non-hydrogen) atoms. The van der Waals surface area contributed by atoms with Gasteiger partial charge >= 0.3 is 0 Å². The molecule has 0 fully saturated rings. The molecule has 88 valence electrons. The van der Waals surface area contributed by atoms with E-state index in [1.54, 1.807) is 32.4 Å². The number of Topliss-reactive ketones (excluding diaryl/α,β-unsaturated/α-hetero) is 1. The van der Waals surface area contributed by atoms with Gasteiger partial charge in [0.2, 0.25) is 0 Å². The predicted octanol–water partition coefficient (Wildman–Crippen LogP) is 2.90. The Morgan fingerprint density at radius 1 is 1.25 bits per heavy atom. The second-order valence-corrected chi connectivity index (χ2v) is 3.87. The molecule has 3 nitrogen and oxygen atoms in total. The molecule has 1 aromatic rings. The van der Waals surface area contributed by atoms with Crippen molar-refractivity contribution in [2.75, 3.05) is 14.2 Å². The molecule has 0 aliphatic carbocycles. The molecular formula is C12H15ClO3. The van der Waals surface area contributed by atoms with Crippen molar-refractivity contribution in [2.45, 2.75) is 18.7 Å².